The quantitative estimate of drug-likeness (QED) is 0.578. The number of nitrogens with zero attached hydrogens (tertiary/aromatic N) is 1. The lowest BCUT2D eigenvalue weighted by Gasteiger charge is -2.15. The summed E-state index contributed by atoms with van der Waals surface area (Å²) in [6.45, 7) is 5.73. The van der Waals surface area contributed by atoms with Gasteiger partial charge in [-0.2, -0.15) is 0 Å². The number of fused-ring (bicyclic) bond motifs is 1. The predicted molar refractivity (Wildman–Crippen MR) is 114 cm³/mol. The Labute approximate surface area is 171 Å². The largest absolute Gasteiger partial charge is 0.367 e. The van der Waals surface area contributed by atoms with Gasteiger partial charge in [0.1, 0.15) is 6.61 Å². The molecule has 0 spiro atoms. The number of aromatic nitrogens is 1. The minimum atomic E-state index is -0.129. The molecule has 1 aliphatic heterocycles. The highest BCUT2D eigenvalue weighted by Gasteiger charge is 2.30. The van der Waals surface area contributed by atoms with Gasteiger partial charge in [-0.3, -0.25) is 4.79 Å². The second kappa shape index (κ2) is 8.78. The van der Waals surface area contributed by atoms with Crippen molar-refractivity contribution in [2.75, 3.05) is 6.61 Å². The van der Waals surface area contributed by atoms with Crippen LogP contribution < -0.4 is 16.2 Å². The maximum absolute atomic E-state index is 12.3. The van der Waals surface area contributed by atoms with E-state index in [2.05, 4.69) is 58.8 Å². The molecule has 29 heavy (non-hydrogen) atoms. The summed E-state index contributed by atoms with van der Waals surface area (Å²) in [4.78, 5) is 12.3. The number of rotatable bonds is 7. The zero-order valence-electron chi connectivity index (χ0n) is 16.9. The molecule has 1 aromatic heterocycles. The van der Waals surface area contributed by atoms with Gasteiger partial charge in [-0.1, -0.05) is 48.5 Å². The number of para-hydroxylation sites is 1. The first-order valence-electron chi connectivity index (χ1n) is 10.2. The van der Waals surface area contributed by atoms with Crippen LogP contribution in [0.1, 0.15) is 36.2 Å². The molecule has 0 radical (unpaired) electrons. The van der Waals surface area contributed by atoms with Crippen LogP contribution in [0.3, 0.4) is 0 Å². The maximum atomic E-state index is 12.3. The van der Waals surface area contributed by atoms with Crippen molar-refractivity contribution in [3.63, 3.8) is 0 Å². The average molecular weight is 393 g/mol. The van der Waals surface area contributed by atoms with Crippen molar-refractivity contribution in [2.45, 2.75) is 45.6 Å². The third kappa shape index (κ3) is 4.19. The molecule has 0 bridgehead atoms. The van der Waals surface area contributed by atoms with Gasteiger partial charge >= 0.3 is 0 Å². The molecule has 0 saturated carbocycles. The van der Waals surface area contributed by atoms with Crippen LogP contribution in [0.2, 0.25) is 0 Å². The van der Waals surface area contributed by atoms with Crippen molar-refractivity contribution in [1.29, 1.82) is 0 Å². The van der Waals surface area contributed by atoms with E-state index in [-0.39, 0.29) is 24.7 Å². The smallest absolute Gasteiger partial charge is 0.247 e. The van der Waals surface area contributed by atoms with Crippen LogP contribution in [0, 0.1) is 6.92 Å². The van der Waals surface area contributed by atoms with Gasteiger partial charge in [0.25, 0.3) is 0 Å². The molecule has 2 heterocycles. The van der Waals surface area contributed by atoms with Gasteiger partial charge in [0.2, 0.25) is 5.91 Å². The Bertz CT molecular complexity index is 983. The molecule has 4 rings (SSSR count). The summed E-state index contributed by atoms with van der Waals surface area (Å²) in [5, 5.41) is 4.29. The highest BCUT2D eigenvalue weighted by molar-refractivity contribution is 5.85. The van der Waals surface area contributed by atoms with Crippen LogP contribution in [-0.4, -0.2) is 23.2 Å². The average Bonchev–Trinajstić information content (AvgIpc) is 3.31. The van der Waals surface area contributed by atoms with E-state index in [1.54, 1.807) is 0 Å². The second-order valence-corrected chi connectivity index (χ2v) is 7.45. The van der Waals surface area contributed by atoms with Crippen molar-refractivity contribution < 1.29 is 9.53 Å². The Morgan fingerprint density at radius 3 is 2.69 bits per heavy atom. The SMILES string of the molecule is CCn1c(C2CC(NC(=O)COCc3ccccc3)NN2)c(C)c2ccccc21. The third-order valence-corrected chi connectivity index (χ3v) is 5.50. The number of nitrogens with one attached hydrogen (secondary N) is 3. The molecule has 2 atom stereocenters. The fraction of sp³-hybridized carbons (Fsp3) is 0.348. The molecule has 6 heteroatoms. The zero-order chi connectivity index (χ0) is 20.2. The molecule has 6 nitrogen and oxygen atoms in total. The number of aryl methyl sites for hydroxylation is 2. The van der Waals surface area contributed by atoms with Gasteiger partial charge in [0, 0.05) is 29.6 Å². The van der Waals surface area contributed by atoms with E-state index in [0.717, 1.165) is 18.5 Å². The van der Waals surface area contributed by atoms with E-state index < -0.39 is 0 Å². The van der Waals surface area contributed by atoms with E-state index in [9.17, 15) is 4.79 Å². The lowest BCUT2D eigenvalue weighted by Crippen LogP contribution is -2.45. The Morgan fingerprint density at radius 1 is 1.14 bits per heavy atom. The molecule has 152 valence electrons. The standard InChI is InChI=1S/C23H28N4O2/c1-3-27-20-12-8-7-11-18(20)16(2)23(27)19-13-21(26-25-19)24-22(28)15-29-14-17-9-5-4-6-10-17/h4-12,19,21,25-26H,3,13-15H2,1-2H3,(H,24,28). The number of carbonyl (C=O) groups excluding carboxylic acids is 1. The predicted octanol–water partition coefficient (Wildman–Crippen LogP) is 3.17. The van der Waals surface area contributed by atoms with Crippen LogP contribution >= 0.6 is 0 Å². The monoisotopic (exact) mass is 392 g/mol. The van der Waals surface area contributed by atoms with Crippen molar-refractivity contribution in [3.05, 3.63) is 71.4 Å². The summed E-state index contributed by atoms with van der Waals surface area (Å²) in [5.74, 6) is -0.117. The Balaban J connectivity index is 1.35. The molecule has 1 saturated heterocycles. The van der Waals surface area contributed by atoms with E-state index >= 15 is 0 Å². The Morgan fingerprint density at radius 2 is 1.90 bits per heavy atom. The first-order valence-corrected chi connectivity index (χ1v) is 10.2. The summed E-state index contributed by atoms with van der Waals surface area (Å²) in [7, 11) is 0. The number of hydrazine groups is 1. The van der Waals surface area contributed by atoms with Gasteiger partial charge < -0.3 is 14.6 Å². The second-order valence-electron chi connectivity index (χ2n) is 7.45. The summed E-state index contributed by atoms with van der Waals surface area (Å²) in [6.07, 6.45) is 0.650. The van der Waals surface area contributed by atoms with Gasteiger partial charge in [-0.25, -0.2) is 10.9 Å². The molecule has 1 fully saturated rings. The summed E-state index contributed by atoms with van der Waals surface area (Å²) in [6, 6.07) is 18.5. The minimum Gasteiger partial charge on any atom is -0.367 e. The number of benzene rings is 2. The Kier molecular flexibility index (Phi) is 5.94. The van der Waals surface area contributed by atoms with Gasteiger partial charge in [0.15, 0.2) is 0 Å². The van der Waals surface area contributed by atoms with E-state index in [0.29, 0.717) is 6.61 Å². The topological polar surface area (TPSA) is 67.3 Å². The molecule has 3 N–H and O–H groups in total. The van der Waals surface area contributed by atoms with Gasteiger partial charge in [-0.05, 0) is 31.0 Å². The van der Waals surface area contributed by atoms with Crippen LogP contribution in [0.5, 0.6) is 0 Å². The first-order chi connectivity index (χ1) is 14.2. The summed E-state index contributed by atoms with van der Waals surface area (Å²) in [5.41, 5.74) is 11.5. The van der Waals surface area contributed by atoms with Crippen molar-refractivity contribution in [1.82, 2.24) is 20.7 Å². The number of hydrogen-bond donors (Lipinski definition) is 3. The van der Waals surface area contributed by atoms with Crippen LogP contribution in [0.4, 0.5) is 0 Å². The highest BCUT2D eigenvalue weighted by atomic mass is 16.5. The number of ether oxygens (including phenoxy) is 1. The van der Waals surface area contributed by atoms with E-state index in [1.165, 1.54) is 22.2 Å². The molecular weight excluding hydrogens is 364 g/mol. The summed E-state index contributed by atoms with van der Waals surface area (Å²) < 4.78 is 7.89. The van der Waals surface area contributed by atoms with E-state index in [4.69, 9.17) is 4.74 Å². The summed E-state index contributed by atoms with van der Waals surface area (Å²) >= 11 is 0. The fourth-order valence-electron chi connectivity index (χ4n) is 4.19. The molecule has 0 aliphatic carbocycles. The van der Waals surface area contributed by atoms with Gasteiger partial charge in [0.05, 0.1) is 18.8 Å². The molecule has 2 aromatic carbocycles. The number of carbonyl (C=O) groups is 1. The fourth-order valence-corrected chi connectivity index (χ4v) is 4.19. The molecular formula is C23H28N4O2. The molecule has 1 aliphatic rings. The Hall–Kier alpha value is -2.67. The number of hydrogen-bond acceptors (Lipinski definition) is 4. The van der Waals surface area contributed by atoms with Gasteiger partial charge in [-0.15, -0.1) is 0 Å². The van der Waals surface area contributed by atoms with E-state index in [1.807, 2.05) is 30.3 Å². The first kappa shape index (κ1) is 19.6. The maximum Gasteiger partial charge on any atom is 0.247 e. The zero-order valence-corrected chi connectivity index (χ0v) is 16.9. The third-order valence-electron chi connectivity index (χ3n) is 5.50. The minimum absolute atomic E-state index is 0.0476. The highest BCUT2D eigenvalue weighted by Crippen LogP contribution is 2.32. The van der Waals surface area contributed by atoms with Crippen LogP contribution in [-0.2, 0) is 22.7 Å². The number of amides is 1. The normalized spacial score (nSPS) is 19.0. The van der Waals surface area contributed by atoms with Crippen molar-refractivity contribution in [3.8, 4) is 0 Å². The van der Waals surface area contributed by atoms with Crippen LogP contribution in [0.15, 0.2) is 54.6 Å². The lowest BCUT2D eigenvalue weighted by atomic mass is 10.1. The lowest BCUT2D eigenvalue weighted by molar-refractivity contribution is -0.126. The molecule has 2 unspecified atom stereocenters. The van der Waals surface area contributed by atoms with Crippen LogP contribution in [0.25, 0.3) is 10.9 Å². The molecule has 3 aromatic rings. The molecule has 1 amide bonds. The van der Waals surface area contributed by atoms with Crippen molar-refractivity contribution in [2.24, 2.45) is 0 Å². The van der Waals surface area contributed by atoms with Crippen molar-refractivity contribution >= 4 is 16.8 Å².